The molecule has 150 valence electrons. The molecule has 0 aliphatic rings. The van der Waals surface area contributed by atoms with Crippen molar-refractivity contribution in [1.82, 2.24) is 14.7 Å². The van der Waals surface area contributed by atoms with Crippen LogP contribution < -0.4 is 5.32 Å². The molecule has 0 fully saturated rings. The van der Waals surface area contributed by atoms with Crippen LogP contribution in [-0.2, 0) is 4.79 Å². The van der Waals surface area contributed by atoms with Gasteiger partial charge in [0.05, 0.1) is 29.7 Å². The predicted octanol–water partition coefficient (Wildman–Crippen LogP) is 4.01. The fourth-order valence-electron chi connectivity index (χ4n) is 3.18. The van der Waals surface area contributed by atoms with E-state index in [0.717, 1.165) is 16.9 Å². The van der Waals surface area contributed by atoms with Crippen LogP contribution in [0.5, 0.6) is 0 Å². The molecule has 1 aromatic heterocycles. The van der Waals surface area contributed by atoms with E-state index in [-0.39, 0.29) is 24.3 Å². The van der Waals surface area contributed by atoms with Crippen LogP contribution in [0.3, 0.4) is 0 Å². The smallest absolute Gasteiger partial charge is 0.257 e. The molecule has 6 nitrogen and oxygen atoms in total. The quantitative estimate of drug-likeness (QED) is 0.691. The molecule has 6 heteroatoms. The zero-order valence-electron chi connectivity index (χ0n) is 17.2. The van der Waals surface area contributed by atoms with Crippen molar-refractivity contribution in [3.05, 3.63) is 77.6 Å². The number of hydrogen-bond donors (Lipinski definition) is 1. The summed E-state index contributed by atoms with van der Waals surface area (Å²) in [5.74, 6) is -0.386. The van der Waals surface area contributed by atoms with Gasteiger partial charge in [0.15, 0.2) is 0 Å². The average Bonchev–Trinajstić information content (AvgIpc) is 3.14. The number of nitrogens with one attached hydrogen (secondary N) is 1. The third-order valence-corrected chi connectivity index (χ3v) is 4.65. The van der Waals surface area contributed by atoms with Gasteiger partial charge in [-0.3, -0.25) is 9.59 Å². The highest BCUT2D eigenvalue weighted by Crippen LogP contribution is 2.24. The van der Waals surface area contributed by atoms with Crippen LogP contribution in [-0.4, -0.2) is 40.1 Å². The number of likely N-dealkylation sites (N-methyl/N-ethyl adjacent to an activating group) is 1. The van der Waals surface area contributed by atoms with Crippen LogP contribution >= 0.6 is 0 Å². The molecule has 2 aromatic carbocycles. The second-order valence-corrected chi connectivity index (χ2v) is 7.42. The van der Waals surface area contributed by atoms with Crippen molar-refractivity contribution in [3.8, 4) is 5.69 Å². The molecule has 29 heavy (non-hydrogen) atoms. The van der Waals surface area contributed by atoms with Gasteiger partial charge in [0.1, 0.15) is 0 Å². The molecule has 0 radical (unpaired) electrons. The van der Waals surface area contributed by atoms with E-state index in [0.29, 0.717) is 11.3 Å². The Labute approximate surface area is 171 Å². The second-order valence-electron chi connectivity index (χ2n) is 7.42. The number of hydrogen-bond acceptors (Lipinski definition) is 3. The minimum Gasteiger partial charge on any atom is -0.332 e. The fraction of sp³-hybridized carbons (Fsp3) is 0.261. The second kappa shape index (κ2) is 8.73. The van der Waals surface area contributed by atoms with Crippen LogP contribution in [0.4, 0.5) is 5.69 Å². The van der Waals surface area contributed by atoms with E-state index in [1.165, 1.54) is 4.90 Å². The maximum atomic E-state index is 13.0. The van der Waals surface area contributed by atoms with Gasteiger partial charge in [-0.1, -0.05) is 49.7 Å². The number of benzene rings is 2. The average molecular weight is 390 g/mol. The number of para-hydroxylation sites is 1. The van der Waals surface area contributed by atoms with E-state index in [1.54, 1.807) is 17.9 Å². The Kier molecular flexibility index (Phi) is 6.12. The van der Waals surface area contributed by atoms with Crippen molar-refractivity contribution < 1.29 is 9.59 Å². The zero-order valence-corrected chi connectivity index (χ0v) is 17.2. The van der Waals surface area contributed by atoms with Crippen molar-refractivity contribution in [1.29, 1.82) is 0 Å². The van der Waals surface area contributed by atoms with Crippen molar-refractivity contribution in [2.45, 2.75) is 26.7 Å². The summed E-state index contributed by atoms with van der Waals surface area (Å²) in [5.41, 5.74) is 4.11. The lowest BCUT2D eigenvalue weighted by molar-refractivity contribution is -0.116. The number of carbonyl (C=O) groups excluding carboxylic acids is 2. The molecule has 0 saturated heterocycles. The summed E-state index contributed by atoms with van der Waals surface area (Å²) < 4.78 is 1.80. The highest BCUT2D eigenvalue weighted by Gasteiger charge is 2.24. The number of anilines is 1. The summed E-state index contributed by atoms with van der Waals surface area (Å²) in [6.45, 7) is 6.04. The van der Waals surface area contributed by atoms with Crippen LogP contribution in [0.25, 0.3) is 5.69 Å². The predicted molar refractivity (Wildman–Crippen MR) is 114 cm³/mol. The molecule has 3 rings (SSSR count). The number of aryl methyl sites for hydroxylation is 1. The molecule has 0 saturated carbocycles. The van der Waals surface area contributed by atoms with Gasteiger partial charge in [-0.15, -0.1) is 0 Å². The lowest BCUT2D eigenvalue weighted by atomic mass is 10.0. The van der Waals surface area contributed by atoms with Gasteiger partial charge in [0, 0.05) is 12.7 Å². The van der Waals surface area contributed by atoms with E-state index in [4.69, 9.17) is 0 Å². The maximum Gasteiger partial charge on any atom is 0.257 e. The Bertz CT molecular complexity index is 991. The molecule has 0 unspecified atom stereocenters. The third kappa shape index (κ3) is 4.71. The Morgan fingerprint density at radius 3 is 2.34 bits per heavy atom. The molecule has 2 amide bonds. The van der Waals surface area contributed by atoms with Gasteiger partial charge < -0.3 is 10.2 Å². The Balaban J connectivity index is 1.79. The number of rotatable bonds is 6. The zero-order chi connectivity index (χ0) is 21.0. The monoisotopic (exact) mass is 390 g/mol. The SMILES string of the molecule is Cc1ccc(-n2ncc(C(=O)N(C)CC(=O)Nc3ccccc3)c2C(C)C)cc1. The summed E-state index contributed by atoms with van der Waals surface area (Å²) in [5, 5.41) is 7.26. The Hall–Kier alpha value is -3.41. The van der Waals surface area contributed by atoms with Gasteiger partial charge >= 0.3 is 0 Å². The first-order valence-corrected chi connectivity index (χ1v) is 9.62. The molecule has 0 spiro atoms. The Morgan fingerprint density at radius 2 is 1.72 bits per heavy atom. The van der Waals surface area contributed by atoms with Gasteiger partial charge in [0.25, 0.3) is 5.91 Å². The number of nitrogens with zero attached hydrogens (tertiary/aromatic N) is 3. The summed E-state index contributed by atoms with van der Waals surface area (Å²) in [6, 6.07) is 17.2. The van der Waals surface area contributed by atoms with Crippen LogP contribution in [0, 0.1) is 6.92 Å². The van der Waals surface area contributed by atoms with Crippen molar-refractivity contribution >= 4 is 17.5 Å². The highest BCUT2D eigenvalue weighted by atomic mass is 16.2. The number of carbonyl (C=O) groups is 2. The topological polar surface area (TPSA) is 67.2 Å². The van der Waals surface area contributed by atoms with Crippen molar-refractivity contribution in [3.63, 3.8) is 0 Å². The maximum absolute atomic E-state index is 13.0. The van der Waals surface area contributed by atoms with Gasteiger partial charge in [-0.05, 0) is 37.1 Å². The van der Waals surface area contributed by atoms with Crippen molar-refractivity contribution in [2.75, 3.05) is 18.9 Å². The molecule has 0 aliphatic carbocycles. The van der Waals surface area contributed by atoms with Gasteiger partial charge in [-0.2, -0.15) is 5.10 Å². The summed E-state index contributed by atoms with van der Waals surface area (Å²) in [7, 11) is 1.63. The minimum absolute atomic E-state index is 0.0407. The molecule has 1 N–H and O–H groups in total. The lowest BCUT2D eigenvalue weighted by Gasteiger charge is -2.18. The van der Waals surface area contributed by atoms with Crippen LogP contribution in [0.2, 0.25) is 0 Å². The standard InChI is InChI=1S/C23H26N4O2/c1-16(2)22-20(14-24-27(22)19-12-10-17(3)11-13-19)23(29)26(4)15-21(28)25-18-8-6-5-7-9-18/h5-14,16H,15H2,1-4H3,(H,25,28). The first-order chi connectivity index (χ1) is 13.9. The molecule has 0 bridgehead atoms. The molecular formula is C23H26N4O2. The normalized spacial score (nSPS) is 10.8. The highest BCUT2D eigenvalue weighted by molar-refractivity contribution is 5.99. The molecule has 0 aliphatic heterocycles. The fourth-order valence-corrected chi connectivity index (χ4v) is 3.18. The first-order valence-electron chi connectivity index (χ1n) is 9.62. The van der Waals surface area contributed by atoms with Crippen LogP contribution in [0.1, 0.15) is 41.4 Å². The third-order valence-electron chi connectivity index (χ3n) is 4.65. The van der Waals surface area contributed by atoms with E-state index in [2.05, 4.69) is 10.4 Å². The van der Waals surface area contributed by atoms with Crippen LogP contribution in [0.15, 0.2) is 60.8 Å². The summed E-state index contributed by atoms with van der Waals surface area (Å²) >= 11 is 0. The molecule has 1 heterocycles. The van der Waals surface area contributed by atoms with E-state index < -0.39 is 0 Å². The van der Waals surface area contributed by atoms with E-state index in [9.17, 15) is 9.59 Å². The largest absolute Gasteiger partial charge is 0.332 e. The molecular weight excluding hydrogens is 364 g/mol. The number of amides is 2. The van der Waals surface area contributed by atoms with Gasteiger partial charge in [-0.25, -0.2) is 4.68 Å². The lowest BCUT2D eigenvalue weighted by Crippen LogP contribution is -2.35. The molecule has 0 atom stereocenters. The Morgan fingerprint density at radius 1 is 1.07 bits per heavy atom. The first kappa shape index (κ1) is 20.3. The minimum atomic E-state index is -0.246. The van der Waals surface area contributed by atoms with E-state index in [1.807, 2.05) is 75.4 Å². The van der Waals surface area contributed by atoms with E-state index >= 15 is 0 Å². The molecule has 3 aromatic rings. The number of aromatic nitrogens is 2. The van der Waals surface area contributed by atoms with Crippen molar-refractivity contribution in [2.24, 2.45) is 0 Å². The summed E-state index contributed by atoms with van der Waals surface area (Å²) in [6.07, 6.45) is 1.59. The van der Waals surface area contributed by atoms with Gasteiger partial charge in [0.2, 0.25) is 5.91 Å². The summed E-state index contributed by atoms with van der Waals surface area (Å²) in [4.78, 5) is 26.8.